The minimum atomic E-state index is -1.67. The number of hydrogen-bond donors (Lipinski definition) is 8. The Morgan fingerprint density at radius 3 is 1.73 bits per heavy atom. The molecule has 14 heteroatoms. The molecular weight excluding hydrogens is 404 g/mol. The van der Waals surface area contributed by atoms with E-state index in [2.05, 4.69) is 16.0 Å². The number of primary amides is 1. The third kappa shape index (κ3) is 10.9. The molecular formula is C16H28N6O8. The molecule has 3 atom stereocenters. The molecule has 0 aromatic carbocycles. The smallest absolute Gasteiger partial charge is 0.326 e. The van der Waals surface area contributed by atoms with Gasteiger partial charge in [0.2, 0.25) is 23.6 Å². The van der Waals surface area contributed by atoms with Crippen molar-refractivity contribution in [1.82, 2.24) is 16.0 Å². The van der Waals surface area contributed by atoms with Crippen LogP contribution in [0.25, 0.3) is 0 Å². The summed E-state index contributed by atoms with van der Waals surface area (Å²) in [5, 5.41) is 24.6. The van der Waals surface area contributed by atoms with E-state index in [-0.39, 0.29) is 6.42 Å². The molecule has 4 amide bonds. The van der Waals surface area contributed by atoms with E-state index in [9.17, 15) is 33.9 Å². The largest absolute Gasteiger partial charge is 0.481 e. The van der Waals surface area contributed by atoms with Gasteiger partial charge in [0.25, 0.3) is 0 Å². The summed E-state index contributed by atoms with van der Waals surface area (Å²) in [4.78, 5) is 69.8. The fraction of sp³-hybridized carbons (Fsp3) is 0.625. The molecule has 14 nitrogen and oxygen atoms in total. The van der Waals surface area contributed by atoms with E-state index in [1.807, 2.05) is 0 Å². The van der Waals surface area contributed by atoms with Crippen molar-refractivity contribution < 1.29 is 39.0 Å². The molecule has 0 aliphatic carbocycles. The van der Waals surface area contributed by atoms with Gasteiger partial charge in [-0.25, -0.2) is 4.79 Å². The zero-order chi connectivity index (χ0) is 23.3. The van der Waals surface area contributed by atoms with Crippen LogP contribution in [-0.4, -0.2) is 77.0 Å². The lowest BCUT2D eigenvalue weighted by atomic mass is 10.1. The third-order valence-electron chi connectivity index (χ3n) is 3.82. The second kappa shape index (κ2) is 13.8. The lowest BCUT2D eigenvalue weighted by Crippen LogP contribution is -2.57. The average Bonchev–Trinajstić information content (AvgIpc) is 2.64. The van der Waals surface area contributed by atoms with Crippen molar-refractivity contribution in [2.45, 2.75) is 50.2 Å². The van der Waals surface area contributed by atoms with Crippen LogP contribution < -0.4 is 33.2 Å². The first-order valence-corrected chi connectivity index (χ1v) is 9.04. The van der Waals surface area contributed by atoms with Gasteiger partial charge < -0.3 is 43.4 Å². The van der Waals surface area contributed by atoms with E-state index in [1.54, 1.807) is 0 Å². The first kappa shape index (κ1) is 26.7. The Morgan fingerprint density at radius 1 is 0.767 bits per heavy atom. The lowest BCUT2D eigenvalue weighted by molar-refractivity contribution is -0.144. The van der Waals surface area contributed by atoms with E-state index >= 15 is 0 Å². The molecule has 0 saturated heterocycles. The van der Waals surface area contributed by atoms with Crippen molar-refractivity contribution in [3.8, 4) is 0 Å². The van der Waals surface area contributed by atoms with Crippen LogP contribution in [0.5, 0.6) is 0 Å². The maximum absolute atomic E-state index is 12.4. The summed E-state index contributed by atoms with van der Waals surface area (Å²) >= 11 is 0. The quantitative estimate of drug-likeness (QED) is 0.116. The Labute approximate surface area is 171 Å². The zero-order valence-corrected chi connectivity index (χ0v) is 16.3. The van der Waals surface area contributed by atoms with Gasteiger partial charge in [-0.2, -0.15) is 0 Å². The molecule has 11 N–H and O–H groups in total. The predicted molar refractivity (Wildman–Crippen MR) is 101 cm³/mol. The fourth-order valence-electron chi connectivity index (χ4n) is 2.34. The predicted octanol–water partition coefficient (Wildman–Crippen LogP) is -4.04. The minimum Gasteiger partial charge on any atom is -0.481 e. The van der Waals surface area contributed by atoms with Crippen molar-refractivity contribution in [2.24, 2.45) is 17.2 Å². The van der Waals surface area contributed by atoms with Gasteiger partial charge in [-0.1, -0.05) is 0 Å². The Balaban J connectivity index is 5.34. The molecule has 0 fully saturated rings. The molecule has 0 aliphatic rings. The molecule has 0 saturated carbocycles. The summed E-state index contributed by atoms with van der Waals surface area (Å²) in [7, 11) is 0. The van der Waals surface area contributed by atoms with Gasteiger partial charge in [0.05, 0.1) is 19.4 Å². The van der Waals surface area contributed by atoms with Gasteiger partial charge in [-0.3, -0.25) is 24.0 Å². The van der Waals surface area contributed by atoms with Gasteiger partial charge in [-0.05, 0) is 25.8 Å². The van der Waals surface area contributed by atoms with E-state index in [0.717, 1.165) is 0 Å². The highest BCUT2D eigenvalue weighted by Gasteiger charge is 2.31. The maximum Gasteiger partial charge on any atom is 0.326 e. The number of unbranched alkanes of at least 4 members (excludes halogenated alkanes) is 1. The second-order valence-electron chi connectivity index (χ2n) is 6.34. The summed E-state index contributed by atoms with van der Waals surface area (Å²) < 4.78 is 0. The van der Waals surface area contributed by atoms with Crippen LogP contribution in [0.1, 0.15) is 32.1 Å². The van der Waals surface area contributed by atoms with Crippen LogP contribution in [0.15, 0.2) is 0 Å². The number of hydrogen-bond acceptors (Lipinski definition) is 8. The number of amides is 4. The summed E-state index contributed by atoms with van der Waals surface area (Å²) in [6, 6.07) is -4.49. The lowest BCUT2D eigenvalue weighted by Gasteiger charge is -2.23. The zero-order valence-electron chi connectivity index (χ0n) is 16.3. The highest BCUT2D eigenvalue weighted by Crippen LogP contribution is 2.04. The first-order chi connectivity index (χ1) is 14.0. The standard InChI is InChI=1S/C16H28N6O8/c17-4-2-1-3-8(16(29)30)21-15(28)10(6-13(25)26)22-14(27)9(5-11(19)23)20-12(24)7-18/h8-10H,1-7,17-18H2,(H2,19,23)(H,20,24)(H,21,28)(H,22,27)(H,25,26)(H,29,30). The number of carbonyl (C=O) groups excluding carboxylic acids is 4. The average molecular weight is 432 g/mol. The number of aliphatic carboxylic acids is 2. The number of nitrogens with one attached hydrogen (secondary N) is 3. The summed E-state index contributed by atoms with van der Waals surface area (Å²) in [6.07, 6.45) is -0.542. The van der Waals surface area contributed by atoms with Crippen molar-refractivity contribution >= 4 is 35.6 Å². The van der Waals surface area contributed by atoms with Crippen LogP contribution in [0.4, 0.5) is 0 Å². The summed E-state index contributed by atoms with van der Waals surface area (Å²) in [5.41, 5.74) is 15.5. The van der Waals surface area contributed by atoms with Gasteiger partial charge in [0, 0.05) is 0 Å². The van der Waals surface area contributed by atoms with E-state index in [0.29, 0.717) is 19.4 Å². The summed E-state index contributed by atoms with van der Waals surface area (Å²) in [5.74, 6) is -6.66. The molecule has 0 aromatic heterocycles. The van der Waals surface area contributed by atoms with Crippen molar-refractivity contribution in [2.75, 3.05) is 13.1 Å². The normalized spacial score (nSPS) is 13.4. The Kier molecular flexibility index (Phi) is 12.3. The van der Waals surface area contributed by atoms with Crippen molar-refractivity contribution in [1.29, 1.82) is 0 Å². The van der Waals surface area contributed by atoms with Crippen molar-refractivity contribution in [3.05, 3.63) is 0 Å². The molecule has 0 aromatic rings. The number of carboxylic acid groups (broad SMARTS) is 2. The molecule has 30 heavy (non-hydrogen) atoms. The van der Waals surface area contributed by atoms with Gasteiger partial charge in [-0.15, -0.1) is 0 Å². The molecule has 0 aliphatic heterocycles. The molecule has 0 rings (SSSR count). The van der Waals surface area contributed by atoms with Crippen LogP contribution in [0, 0.1) is 0 Å². The second-order valence-corrected chi connectivity index (χ2v) is 6.34. The Bertz CT molecular complexity index is 656. The summed E-state index contributed by atoms with van der Waals surface area (Å²) in [6.45, 7) is -0.168. The number of nitrogens with two attached hydrogens (primary N) is 3. The SMILES string of the molecule is NCCCCC(NC(=O)C(CC(=O)O)NC(=O)C(CC(N)=O)NC(=O)CN)C(=O)O. The van der Waals surface area contributed by atoms with Crippen LogP contribution >= 0.6 is 0 Å². The number of rotatable bonds is 15. The highest BCUT2D eigenvalue weighted by atomic mass is 16.4. The van der Waals surface area contributed by atoms with Crippen molar-refractivity contribution in [3.63, 3.8) is 0 Å². The van der Waals surface area contributed by atoms with E-state index in [1.165, 1.54) is 0 Å². The highest BCUT2D eigenvalue weighted by molar-refractivity contribution is 5.96. The van der Waals surface area contributed by atoms with Crippen LogP contribution in [0.2, 0.25) is 0 Å². The molecule has 0 heterocycles. The Morgan fingerprint density at radius 2 is 1.30 bits per heavy atom. The fourth-order valence-corrected chi connectivity index (χ4v) is 2.34. The van der Waals surface area contributed by atoms with E-state index < -0.39 is 73.1 Å². The minimum absolute atomic E-state index is 0.0445. The van der Waals surface area contributed by atoms with Gasteiger partial charge >= 0.3 is 11.9 Å². The number of carbonyl (C=O) groups is 6. The van der Waals surface area contributed by atoms with E-state index in [4.69, 9.17) is 22.3 Å². The maximum atomic E-state index is 12.4. The van der Waals surface area contributed by atoms with Crippen LogP contribution in [0.3, 0.4) is 0 Å². The molecule has 0 bridgehead atoms. The number of carboxylic acids is 2. The van der Waals surface area contributed by atoms with Crippen LogP contribution in [-0.2, 0) is 28.8 Å². The first-order valence-electron chi connectivity index (χ1n) is 9.04. The van der Waals surface area contributed by atoms with Gasteiger partial charge in [0.15, 0.2) is 0 Å². The topological polar surface area (TPSA) is 257 Å². The molecule has 170 valence electrons. The van der Waals surface area contributed by atoms with Gasteiger partial charge in [0.1, 0.15) is 18.1 Å². The monoisotopic (exact) mass is 432 g/mol. The molecule has 0 radical (unpaired) electrons. The third-order valence-corrected chi connectivity index (χ3v) is 3.82. The molecule has 3 unspecified atom stereocenters. The Hall–Kier alpha value is -3.26. The molecule has 0 spiro atoms.